The van der Waals surface area contributed by atoms with E-state index in [4.69, 9.17) is 14.2 Å². The highest BCUT2D eigenvalue weighted by Crippen LogP contribution is 2.44. The van der Waals surface area contributed by atoms with E-state index in [0.717, 1.165) is 5.56 Å². The minimum absolute atomic E-state index is 0.00995. The Balaban J connectivity index is 1.54. The van der Waals surface area contributed by atoms with Crippen LogP contribution in [0.15, 0.2) is 54.3 Å². The van der Waals surface area contributed by atoms with Crippen LogP contribution in [0.2, 0.25) is 0 Å². The highest BCUT2D eigenvalue weighted by atomic mass is 16.6. The van der Waals surface area contributed by atoms with Gasteiger partial charge in [-0.05, 0) is 24.3 Å². The first kappa shape index (κ1) is 19.8. The number of morpholine rings is 1. The summed E-state index contributed by atoms with van der Waals surface area (Å²) in [5, 5.41) is 22.0. The first-order chi connectivity index (χ1) is 14.5. The van der Waals surface area contributed by atoms with Gasteiger partial charge >= 0.3 is 0 Å². The van der Waals surface area contributed by atoms with Gasteiger partial charge in [-0.3, -0.25) is 25.1 Å². The normalized spacial score (nSPS) is 19.9. The molecular formula is C20H19N3O7. The van der Waals surface area contributed by atoms with Crippen LogP contribution >= 0.6 is 0 Å². The molecule has 1 fully saturated rings. The molecule has 1 atom stereocenters. The van der Waals surface area contributed by atoms with Crippen molar-refractivity contribution in [2.24, 2.45) is 0 Å². The molecule has 30 heavy (non-hydrogen) atoms. The van der Waals surface area contributed by atoms with Gasteiger partial charge < -0.3 is 14.2 Å². The SMILES string of the molecule is O=[N+]([O-])c1ccc(OC/C=C2/Oc3ccc([N+](=O)[O-])cc3[C@H]2N2CCOCC2)cc1. The zero-order chi connectivity index (χ0) is 21.1. The Morgan fingerprint density at radius 3 is 2.37 bits per heavy atom. The van der Waals surface area contributed by atoms with E-state index in [9.17, 15) is 20.2 Å². The Hall–Kier alpha value is -3.50. The first-order valence-electron chi connectivity index (χ1n) is 9.38. The third-order valence-corrected chi connectivity index (χ3v) is 4.99. The summed E-state index contributed by atoms with van der Waals surface area (Å²) in [4.78, 5) is 23.2. The number of hydrogen-bond acceptors (Lipinski definition) is 8. The molecule has 2 aliphatic rings. The van der Waals surface area contributed by atoms with Crippen molar-refractivity contribution >= 4 is 11.4 Å². The number of benzene rings is 2. The molecule has 2 aromatic rings. The maximum Gasteiger partial charge on any atom is 0.270 e. The molecule has 0 amide bonds. The highest BCUT2D eigenvalue weighted by Gasteiger charge is 2.36. The third-order valence-electron chi connectivity index (χ3n) is 4.99. The van der Waals surface area contributed by atoms with Gasteiger partial charge in [0.2, 0.25) is 0 Å². The molecule has 2 aliphatic heterocycles. The van der Waals surface area contributed by atoms with Gasteiger partial charge in [0.1, 0.15) is 23.9 Å². The molecule has 4 rings (SSSR count). The quantitative estimate of drug-likeness (QED) is 0.523. The smallest absolute Gasteiger partial charge is 0.270 e. The van der Waals surface area contributed by atoms with Gasteiger partial charge in [-0.2, -0.15) is 0 Å². The second-order valence-corrected chi connectivity index (χ2v) is 6.80. The maximum atomic E-state index is 11.2. The van der Waals surface area contributed by atoms with E-state index in [0.29, 0.717) is 43.6 Å². The van der Waals surface area contributed by atoms with Crippen molar-refractivity contribution in [2.75, 3.05) is 32.9 Å². The lowest BCUT2D eigenvalue weighted by atomic mass is 10.0. The zero-order valence-electron chi connectivity index (χ0n) is 15.9. The largest absolute Gasteiger partial charge is 0.489 e. The van der Waals surface area contributed by atoms with E-state index in [1.165, 1.54) is 30.3 Å². The van der Waals surface area contributed by atoms with Gasteiger partial charge in [0.25, 0.3) is 11.4 Å². The monoisotopic (exact) mass is 413 g/mol. The summed E-state index contributed by atoms with van der Waals surface area (Å²) in [7, 11) is 0. The van der Waals surface area contributed by atoms with Crippen molar-refractivity contribution < 1.29 is 24.1 Å². The summed E-state index contributed by atoms with van der Waals surface area (Å²) in [5.74, 6) is 1.71. The predicted octanol–water partition coefficient (Wildman–Crippen LogP) is 3.23. The second-order valence-electron chi connectivity index (χ2n) is 6.80. The molecule has 0 aromatic heterocycles. The minimum atomic E-state index is -0.471. The van der Waals surface area contributed by atoms with E-state index in [-0.39, 0.29) is 24.0 Å². The van der Waals surface area contributed by atoms with Crippen molar-refractivity contribution in [1.29, 1.82) is 0 Å². The van der Waals surface area contributed by atoms with Crippen LogP contribution in [0.3, 0.4) is 0 Å². The highest BCUT2D eigenvalue weighted by molar-refractivity contribution is 5.52. The van der Waals surface area contributed by atoms with Gasteiger partial charge in [0.15, 0.2) is 0 Å². The third kappa shape index (κ3) is 4.09. The Kier molecular flexibility index (Phi) is 5.59. The van der Waals surface area contributed by atoms with E-state index >= 15 is 0 Å². The average Bonchev–Trinajstić information content (AvgIpc) is 3.12. The molecule has 0 spiro atoms. The van der Waals surface area contributed by atoms with Crippen LogP contribution < -0.4 is 9.47 Å². The summed E-state index contributed by atoms with van der Waals surface area (Å²) < 4.78 is 17.1. The van der Waals surface area contributed by atoms with Crippen LogP contribution in [0.25, 0.3) is 0 Å². The fraction of sp³-hybridized carbons (Fsp3) is 0.300. The molecule has 0 unspecified atom stereocenters. The van der Waals surface area contributed by atoms with Gasteiger partial charge in [0.05, 0.1) is 29.1 Å². The second kappa shape index (κ2) is 8.47. The number of non-ortho nitro benzene ring substituents is 2. The standard InChI is InChI=1S/C20H19N3O7/c24-22(25)14-1-4-16(5-2-14)29-10-7-19-20(21-8-11-28-12-9-21)17-13-15(23(26)27)3-6-18(17)30-19/h1-7,13,20H,8-12H2/b19-7+/t20-/m1/s1. The Morgan fingerprint density at radius 2 is 1.70 bits per heavy atom. The van der Waals surface area contributed by atoms with Gasteiger partial charge in [0, 0.05) is 42.9 Å². The van der Waals surface area contributed by atoms with Crippen molar-refractivity contribution in [1.82, 2.24) is 4.90 Å². The van der Waals surface area contributed by atoms with Crippen LogP contribution in [0.5, 0.6) is 11.5 Å². The van der Waals surface area contributed by atoms with Crippen molar-refractivity contribution in [3.63, 3.8) is 0 Å². The van der Waals surface area contributed by atoms with E-state index in [1.807, 2.05) is 0 Å². The number of ether oxygens (including phenoxy) is 3. The van der Waals surface area contributed by atoms with E-state index < -0.39 is 9.85 Å². The first-order valence-corrected chi connectivity index (χ1v) is 9.38. The number of nitrogens with zero attached hydrogens (tertiary/aromatic N) is 3. The average molecular weight is 413 g/mol. The predicted molar refractivity (Wildman–Crippen MR) is 106 cm³/mol. The Bertz CT molecular complexity index is 984. The number of nitro groups is 2. The van der Waals surface area contributed by atoms with Crippen LogP contribution in [0, 0.1) is 20.2 Å². The number of fused-ring (bicyclic) bond motifs is 1. The molecule has 1 saturated heterocycles. The molecule has 0 saturated carbocycles. The fourth-order valence-corrected chi connectivity index (χ4v) is 3.54. The van der Waals surface area contributed by atoms with Crippen molar-refractivity contribution in [2.45, 2.75) is 6.04 Å². The van der Waals surface area contributed by atoms with Gasteiger partial charge in [-0.15, -0.1) is 0 Å². The Labute approximate surface area is 171 Å². The Morgan fingerprint density at radius 1 is 1.03 bits per heavy atom. The molecule has 156 valence electrons. The maximum absolute atomic E-state index is 11.2. The lowest BCUT2D eigenvalue weighted by Crippen LogP contribution is -2.39. The summed E-state index contributed by atoms with van der Waals surface area (Å²) >= 11 is 0. The van der Waals surface area contributed by atoms with Crippen molar-refractivity contribution in [3.05, 3.63) is 80.1 Å². The van der Waals surface area contributed by atoms with Crippen molar-refractivity contribution in [3.8, 4) is 11.5 Å². The molecule has 2 aromatic carbocycles. The lowest BCUT2D eigenvalue weighted by molar-refractivity contribution is -0.385. The summed E-state index contributed by atoms with van der Waals surface area (Å²) in [5.41, 5.74) is 0.746. The number of nitro benzene ring substituents is 2. The van der Waals surface area contributed by atoms with Crippen LogP contribution in [0.4, 0.5) is 11.4 Å². The zero-order valence-corrected chi connectivity index (χ0v) is 15.9. The molecular weight excluding hydrogens is 394 g/mol. The number of hydrogen-bond donors (Lipinski definition) is 0. The number of rotatable bonds is 6. The fourth-order valence-electron chi connectivity index (χ4n) is 3.54. The molecule has 2 heterocycles. The molecule has 0 aliphatic carbocycles. The summed E-state index contributed by atoms with van der Waals surface area (Å²) in [6, 6.07) is 10.1. The topological polar surface area (TPSA) is 117 Å². The summed E-state index contributed by atoms with van der Waals surface area (Å²) in [6.07, 6.45) is 1.79. The molecule has 0 radical (unpaired) electrons. The van der Waals surface area contributed by atoms with E-state index in [1.54, 1.807) is 18.2 Å². The van der Waals surface area contributed by atoms with Gasteiger partial charge in [-0.25, -0.2) is 0 Å². The van der Waals surface area contributed by atoms with Crippen LogP contribution in [-0.4, -0.2) is 47.7 Å². The molecule has 10 heteroatoms. The minimum Gasteiger partial charge on any atom is -0.489 e. The van der Waals surface area contributed by atoms with Crippen LogP contribution in [-0.2, 0) is 4.74 Å². The summed E-state index contributed by atoms with van der Waals surface area (Å²) in [6.45, 7) is 2.69. The van der Waals surface area contributed by atoms with Crippen LogP contribution in [0.1, 0.15) is 11.6 Å². The molecule has 0 bridgehead atoms. The lowest BCUT2D eigenvalue weighted by Gasteiger charge is -2.32. The van der Waals surface area contributed by atoms with Gasteiger partial charge in [-0.1, -0.05) is 0 Å². The molecule has 10 nitrogen and oxygen atoms in total. The molecule has 0 N–H and O–H groups in total. The van der Waals surface area contributed by atoms with E-state index in [2.05, 4.69) is 4.90 Å².